The maximum atomic E-state index is 14.0. The van der Waals surface area contributed by atoms with Crippen molar-refractivity contribution in [2.45, 2.75) is 65.8 Å². The summed E-state index contributed by atoms with van der Waals surface area (Å²) in [5.41, 5.74) is 0.575. The average molecular weight is 537 g/mol. The number of hydrogen-bond acceptors (Lipinski definition) is 4. The first-order chi connectivity index (χ1) is 17.9. The molecule has 0 bridgehead atoms. The Labute approximate surface area is 220 Å². The van der Waals surface area contributed by atoms with Gasteiger partial charge >= 0.3 is 6.18 Å². The molecule has 1 aromatic carbocycles. The minimum absolute atomic E-state index is 0.0991. The smallest absolute Gasteiger partial charge is 0.379 e. The first-order valence-electron chi connectivity index (χ1n) is 12.2. The van der Waals surface area contributed by atoms with Crippen molar-refractivity contribution in [1.82, 2.24) is 10.3 Å². The number of amidine groups is 1. The number of nitrogens with zero attached hydrogens (tertiary/aromatic N) is 3. The van der Waals surface area contributed by atoms with Crippen LogP contribution in [-0.2, 0) is 17.5 Å². The Kier molecular flexibility index (Phi) is 11.8. The minimum Gasteiger partial charge on any atom is -0.379 e. The highest BCUT2D eigenvalue weighted by Crippen LogP contribution is 2.30. The molecule has 1 aliphatic heterocycles. The molecule has 206 valence electrons. The Balaban J connectivity index is 0.000000624. The van der Waals surface area contributed by atoms with Crippen LogP contribution in [0.15, 0.2) is 64.5 Å². The maximum absolute atomic E-state index is 14.0. The predicted octanol–water partition coefficient (Wildman–Crippen LogP) is 7.50. The van der Waals surface area contributed by atoms with Gasteiger partial charge in [0.2, 0.25) is 0 Å². The summed E-state index contributed by atoms with van der Waals surface area (Å²) in [5.74, 6) is -1.31. The number of ether oxygens (including phenoxy) is 1. The molecule has 3 rings (SSSR count). The van der Waals surface area contributed by atoms with E-state index in [4.69, 9.17) is 4.74 Å². The number of alkyl halides is 3. The van der Waals surface area contributed by atoms with Crippen LogP contribution in [0.2, 0.25) is 0 Å². The largest absolute Gasteiger partial charge is 0.417 e. The van der Waals surface area contributed by atoms with Gasteiger partial charge in [0.25, 0.3) is 0 Å². The molecule has 0 amide bonds. The van der Waals surface area contributed by atoms with Gasteiger partial charge in [-0.15, -0.1) is 0 Å². The van der Waals surface area contributed by atoms with Gasteiger partial charge in [-0.25, -0.2) is 8.78 Å². The molecule has 38 heavy (non-hydrogen) atoms. The van der Waals surface area contributed by atoms with Gasteiger partial charge in [0, 0.05) is 48.1 Å². The fourth-order valence-electron chi connectivity index (χ4n) is 3.42. The molecule has 0 spiro atoms. The van der Waals surface area contributed by atoms with Crippen LogP contribution < -0.4 is 5.32 Å². The maximum Gasteiger partial charge on any atom is 0.417 e. The average Bonchev–Trinajstić information content (AvgIpc) is 2.86. The SMILES string of the molecule is C=C(NC(=NCc1ccc(F)cc1F)C(N=CC)=C(C)C)c1cncc(C(F)(F)F)c1.CC1CCCCO1. The molecule has 1 saturated heterocycles. The van der Waals surface area contributed by atoms with Crippen LogP contribution in [0, 0.1) is 11.6 Å². The van der Waals surface area contributed by atoms with Gasteiger partial charge in [-0.2, -0.15) is 13.2 Å². The summed E-state index contributed by atoms with van der Waals surface area (Å²) < 4.78 is 71.4. The molecule has 0 saturated carbocycles. The third-order valence-electron chi connectivity index (χ3n) is 5.47. The normalized spacial score (nSPS) is 16.0. The molecule has 2 aromatic rings. The summed E-state index contributed by atoms with van der Waals surface area (Å²) in [5, 5.41) is 2.86. The van der Waals surface area contributed by atoms with Gasteiger partial charge in [0.1, 0.15) is 17.3 Å². The number of hydrogen-bond donors (Lipinski definition) is 1. The first kappa shape index (κ1) is 30.8. The molecule has 0 radical (unpaired) electrons. The molecule has 1 aromatic heterocycles. The lowest BCUT2D eigenvalue weighted by molar-refractivity contribution is -0.137. The summed E-state index contributed by atoms with van der Waals surface area (Å²) in [7, 11) is 0. The summed E-state index contributed by atoms with van der Waals surface area (Å²) in [4.78, 5) is 12.2. The van der Waals surface area contributed by atoms with E-state index in [1.807, 2.05) is 0 Å². The minimum atomic E-state index is -4.56. The molecule has 10 heteroatoms. The zero-order chi connectivity index (χ0) is 28.3. The van der Waals surface area contributed by atoms with Crippen molar-refractivity contribution in [1.29, 1.82) is 0 Å². The molecule has 5 nitrogen and oxygen atoms in total. The number of aromatic nitrogens is 1. The van der Waals surface area contributed by atoms with Crippen molar-refractivity contribution >= 4 is 17.7 Å². The highest BCUT2D eigenvalue weighted by atomic mass is 19.4. The fourth-order valence-corrected chi connectivity index (χ4v) is 3.42. The highest BCUT2D eigenvalue weighted by Gasteiger charge is 2.31. The topological polar surface area (TPSA) is 58.9 Å². The van der Waals surface area contributed by atoms with Gasteiger partial charge in [-0.05, 0) is 64.7 Å². The summed E-state index contributed by atoms with van der Waals surface area (Å²) >= 11 is 0. The summed E-state index contributed by atoms with van der Waals surface area (Å²) in [6.07, 6.45) is 3.34. The lowest BCUT2D eigenvalue weighted by Gasteiger charge is -2.17. The number of nitrogens with one attached hydrogen (secondary N) is 1. The van der Waals surface area contributed by atoms with E-state index >= 15 is 0 Å². The third-order valence-corrected chi connectivity index (χ3v) is 5.47. The molecule has 1 N–H and O–H groups in total. The number of pyridine rings is 1. The monoisotopic (exact) mass is 536 g/mol. The second-order valence-electron chi connectivity index (χ2n) is 8.88. The second-order valence-corrected chi connectivity index (χ2v) is 8.88. The number of rotatable bonds is 6. The Morgan fingerprint density at radius 1 is 1.18 bits per heavy atom. The van der Waals surface area contributed by atoms with E-state index in [9.17, 15) is 22.0 Å². The predicted molar refractivity (Wildman–Crippen MR) is 141 cm³/mol. The summed E-state index contributed by atoms with van der Waals surface area (Å²) in [6, 6.07) is 4.03. The number of halogens is 5. The molecular weight excluding hydrogens is 503 g/mol. The van der Waals surface area contributed by atoms with E-state index in [2.05, 4.69) is 33.8 Å². The molecule has 1 unspecified atom stereocenters. The van der Waals surface area contributed by atoms with Crippen molar-refractivity contribution in [3.63, 3.8) is 0 Å². The van der Waals surface area contributed by atoms with E-state index in [-0.39, 0.29) is 29.2 Å². The van der Waals surface area contributed by atoms with Gasteiger partial charge in [-0.3, -0.25) is 15.0 Å². The Morgan fingerprint density at radius 2 is 1.92 bits per heavy atom. The van der Waals surface area contributed by atoms with Crippen LogP contribution >= 0.6 is 0 Å². The van der Waals surface area contributed by atoms with E-state index in [1.165, 1.54) is 37.7 Å². The van der Waals surface area contributed by atoms with Crippen molar-refractivity contribution in [2.75, 3.05) is 6.61 Å². The summed E-state index contributed by atoms with van der Waals surface area (Å²) in [6.45, 7) is 12.0. The zero-order valence-electron chi connectivity index (χ0n) is 22.0. The third kappa shape index (κ3) is 9.81. The quantitative estimate of drug-likeness (QED) is 0.236. The van der Waals surface area contributed by atoms with Crippen LogP contribution in [0.4, 0.5) is 22.0 Å². The number of benzene rings is 1. The molecule has 0 aliphatic carbocycles. The fraction of sp³-hybridized carbons (Fsp3) is 0.393. The number of allylic oxidation sites excluding steroid dienone is 1. The molecule has 2 heterocycles. The van der Waals surface area contributed by atoms with E-state index in [0.717, 1.165) is 30.4 Å². The molecule has 1 aliphatic rings. The van der Waals surface area contributed by atoms with Crippen molar-refractivity contribution in [3.05, 3.63) is 82.8 Å². The van der Waals surface area contributed by atoms with Crippen LogP contribution in [0.5, 0.6) is 0 Å². The highest BCUT2D eigenvalue weighted by molar-refractivity contribution is 6.03. The Hall–Kier alpha value is -3.40. The number of aliphatic imine (C=N–C) groups is 2. The molecule has 1 fully saturated rings. The van der Waals surface area contributed by atoms with Crippen molar-refractivity contribution in [2.24, 2.45) is 9.98 Å². The van der Waals surface area contributed by atoms with Crippen LogP contribution in [0.1, 0.15) is 63.6 Å². The van der Waals surface area contributed by atoms with Crippen LogP contribution in [-0.4, -0.2) is 29.7 Å². The second kappa shape index (κ2) is 14.5. The van der Waals surface area contributed by atoms with E-state index in [0.29, 0.717) is 18.0 Å². The lowest BCUT2D eigenvalue weighted by atomic mass is 10.1. The molecular formula is C28H33F5N4O. The van der Waals surface area contributed by atoms with Gasteiger partial charge < -0.3 is 10.1 Å². The van der Waals surface area contributed by atoms with Gasteiger partial charge in [0.15, 0.2) is 5.84 Å². The molecule has 1 atom stereocenters. The van der Waals surface area contributed by atoms with E-state index < -0.39 is 23.4 Å². The first-order valence-corrected chi connectivity index (χ1v) is 12.2. The van der Waals surface area contributed by atoms with Crippen molar-refractivity contribution in [3.8, 4) is 0 Å². The van der Waals surface area contributed by atoms with Crippen LogP contribution in [0.25, 0.3) is 5.70 Å². The van der Waals surface area contributed by atoms with Crippen molar-refractivity contribution < 1.29 is 26.7 Å². The van der Waals surface area contributed by atoms with Gasteiger partial charge in [-0.1, -0.05) is 12.6 Å². The Morgan fingerprint density at radius 3 is 2.45 bits per heavy atom. The van der Waals surface area contributed by atoms with E-state index in [1.54, 1.807) is 20.8 Å². The Bertz CT molecular complexity index is 1180. The lowest BCUT2D eigenvalue weighted by Crippen LogP contribution is -2.24. The van der Waals surface area contributed by atoms with Gasteiger partial charge in [0.05, 0.1) is 18.2 Å². The standard InChI is InChI=1S/C22H21F5N4.C6H12O/c1-5-29-20(13(2)3)21(30-11-15-6-7-18(23)9-19(15)24)31-14(4)16-8-17(12-28-10-16)22(25,26)27;1-6-4-2-3-5-7-6/h5-10,12H,4,11H2,1-3H3,(H,30,31);6H,2-5H2,1H3. The zero-order valence-corrected chi connectivity index (χ0v) is 22.0. The van der Waals surface area contributed by atoms with Crippen LogP contribution in [0.3, 0.4) is 0 Å².